The van der Waals surface area contributed by atoms with E-state index in [9.17, 15) is 13.6 Å². The number of carbonyl (C=O) groups excluding carboxylic acids is 1. The molecule has 0 aromatic carbocycles. The molecule has 0 bridgehead atoms. The van der Waals surface area contributed by atoms with Gasteiger partial charge in [0.15, 0.2) is 0 Å². The van der Waals surface area contributed by atoms with Crippen LogP contribution >= 0.6 is 0 Å². The maximum Gasteiger partial charge on any atom is 0.287 e. The first-order chi connectivity index (χ1) is 6.96. The first-order valence-corrected chi connectivity index (χ1v) is 4.84. The number of alkyl halides is 2. The Labute approximate surface area is 86.6 Å². The monoisotopic (exact) mass is 223 g/mol. The Bertz CT molecular complexity index is 235. The molecule has 0 radical (unpaired) electrons. The van der Waals surface area contributed by atoms with Gasteiger partial charge in [0.2, 0.25) is 5.91 Å². The summed E-state index contributed by atoms with van der Waals surface area (Å²) in [6.45, 7) is 0.132. The van der Waals surface area contributed by atoms with Gasteiger partial charge in [-0.15, -0.1) is 0 Å². The first kappa shape index (κ1) is 12.3. The lowest BCUT2D eigenvalue weighted by atomic mass is 10.0. The number of aliphatic hydroxyl groups is 1. The molecule has 0 spiro atoms. The van der Waals surface area contributed by atoms with Crippen LogP contribution in [0.4, 0.5) is 8.78 Å². The molecule has 0 aromatic heterocycles. The Morgan fingerprint density at radius 1 is 1.67 bits per heavy atom. The van der Waals surface area contributed by atoms with Gasteiger partial charge in [0, 0.05) is 6.61 Å². The Kier molecular flexibility index (Phi) is 3.98. The van der Waals surface area contributed by atoms with Crippen LogP contribution in [0.5, 0.6) is 0 Å². The largest absolute Gasteiger partial charge is 0.390 e. The lowest BCUT2D eigenvalue weighted by Crippen LogP contribution is -2.42. The fraction of sp³-hybridized carbons (Fsp3) is 0.889. The van der Waals surface area contributed by atoms with E-state index in [0.717, 1.165) is 0 Å². The molecular weight excluding hydrogens is 208 g/mol. The number of amides is 1. The minimum atomic E-state index is -3.25. The highest BCUT2D eigenvalue weighted by atomic mass is 19.3. The predicted octanol–water partition coefficient (Wildman–Crippen LogP) is 0.155. The highest BCUT2D eigenvalue weighted by molar-refractivity contribution is 5.79. The minimum Gasteiger partial charge on any atom is -0.390 e. The van der Waals surface area contributed by atoms with Gasteiger partial charge in [-0.05, 0) is 13.3 Å². The quantitative estimate of drug-likeness (QED) is 0.713. The molecule has 2 atom stereocenters. The number of halogens is 2. The van der Waals surface area contributed by atoms with Crippen LogP contribution in [-0.4, -0.2) is 42.8 Å². The number of aliphatic hydroxyl groups excluding tert-OH is 1. The second kappa shape index (κ2) is 4.85. The van der Waals surface area contributed by atoms with Gasteiger partial charge in [-0.3, -0.25) is 4.79 Å². The lowest BCUT2D eigenvalue weighted by molar-refractivity contribution is -0.129. The second-order valence-corrected chi connectivity index (χ2v) is 3.70. The normalized spacial score (nSPS) is 26.7. The molecule has 0 aliphatic carbocycles. The van der Waals surface area contributed by atoms with E-state index in [-0.39, 0.29) is 12.0 Å². The topological polar surface area (TPSA) is 58.6 Å². The van der Waals surface area contributed by atoms with Crippen molar-refractivity contribution in [2.75, 3.05) is 19.8 Å². The van der Waals surface area contributed by atoms with Crippen molar-refractivity contribution in [3.8, 4) is 0 Å². The van der Waals surface area contributed by atoms with Gasteiger partial charge in [-0.1, -0.05) is 0 Å². The molecular formula is C9H15F2NO3. The third-order valence-corrected chi connectivity index (χ3v) is 2.47. The van der Waals surface area contributed by atoms with Crippen molar-refractivity contribution in [3.63, 3.8) is 0 Å². The second-order valence-electron chi connectivity index (χ2n) is 3.70. The Morgan fingerprint density at radius 2 is 2.33 bits per heavy atom. The zero-order valence-electron chi connectivity index (χ0n) is 8.50. The fourth-order valence-corrected chi connectivity index (χ4v) is 1.48. The molecule has 1 aliphatic rings. The van der Waals surface area contributed by atoms with Gasteiger partial charge in [0.1, 0.15) is 6.61 Å². The maximum absolute atomic E-state index is 12.6. The van der Waals surface area contributed by atoms with E-state index >= 15 is 0 Å². The molecule has 2 unspecified atom stereocenters. The van der Waals surface area contributed by atoms with Crippen LogP contribution in [0.15, 0.2) is 0 Å². The molecule has 1 aliphatic heterocycles. The first-order valence-electron chi connectivity index (χ1n) is 4.84. The molecule has 0 aromatic rings. The molecule has 1 fully saturated rings. The summed E-state index contributed by atoms with van der Waals surface area (Å²) in [5, 5.41) is 10.4. The minimum absolute atomic E-state index is 0.229. The fourth-order valence-electron chi connectivity index (χ4n) is 1.48. The van der Waals surface area contributed by atoms with Gasteiger partial charge in [0.05, 0.1) is 18.6 Å². The molecule has 2 N–H and O–H groups in total. The summed E-state index contributed by atoms with van der Waals surface area (Å²) >= 11 is 0. The van der Waals surface area contributed by atoms with Crippen molar-refractivity contribution in [1.82, 2.24) is 5.32 Å². The van der Waals surface area contributed by atoms with Crippen LogP contribution in [0, 0.1) is 5.92 Å². The summed E-state index contributed by atoms with van der Waals surface area (Å²) in [6, 6.07) is 0. The maximum atomic E-state index is 12.6. The molecule has 1 heterocycles. The molecule has 88 valence electrons. The lowest BCUT2D eigenvalue weighted by Gasteiger charge is -2.17. The third kappa shape index (κ3) is 3.39. The average molecular weight is 223 g/mol. The van der Waals surface area contributed by atoms with Crippen LogP contribution in [0.25, 0.3) is 0 Å². The molecule has 6 heteroatoms. The molecule has 1 rings (SSSR count). The van der Waals surface area contributed by atoms with Crippen molar-refractivity contribution in [2.45, 2.75) is 25.4 Å². The van der Waals surface area contributed by atoms with E-state index in [0.29, 0.717) is 13.0 Å². The summed E-state index contributed by atoms with van der Waals surface area (Å²) in [7, 11) is 0. The van der Waals surface area contributed by atoms with E-state index in [1.807, 2.05) is 0 Å². The van der Waals surface area contributed by atoms with E-state index in [4.69, 9.17) is 9.84 Å². The standard InChI is InChI=1S/C9H15F2NO3/c1-6-7(2-3-15-6)8(14)12-4-9(10,11)5-13/h6-7,13H,2-5H2,1H3,(H,12,14). The third-order valence-electron chi connectivity index (χ3n) is 2.47. The van der Waals surface area contributed by atoms with E-state index in [2.05, 4.69) is 5.32 Å². The molecule has 4 nitrogen and oxygen atoms in total. The zero-order chi connectivity index (χ0) is 11.5. The molecule has 15 heavy (non-hydrogen) atoms. The van der Waals surface area contributed by atoms with E-state index in [1.165, 1.54) is 0 Å². The van der Waals surface area contributed by atoms with Crippen molar-refractivity contribution in [1.29, 1.82) is 0 Å². The summed E-state index contributed by atoms with van der Waals surface area (Å²) in [5.74, 6) is -4.05. The van der Waals surface area contributed by atoms with Crippen LogP contribution < -0.4 is 5.32 Å². The molecule has 1 amide bonds. The van der Waals surface area contributed by atoms with Gasteiger partial charge < -0.3 is 15.2 Å². The SMILES string of the molecule is CC1OCCC1C(=O)NCC(F)(F)CO. The summed E-state index contributed by atoms with van der Waals surface area (Å²) in [5.41, 5.74) is 0. The van der Waals surface area contributed by atoms with Crippen molar-refractivity contribution in [3.05, 3.63) is 0 Å². The number of nitrogens with one attached hydrogen (secondary N) is 1. The Balaban J connectivity index is 2.36. The van der Waals surface area contributed by atoms with Crippen LogP contribution in [0.3, 0.4) is 0 Å². The summed E-state index contributed by atoms with van der Waals surface area (Å²) in [6.07, 6.45) is 0.324. The number of hydrogen-bond acceptors (Lipinski definition) is 3. The number of carbonyl (C=O) groups is 1. The number of ether oxygens (including phenoxy) is 1. The smallest absolute Gasteiger partial charge is 0.287 e. The number of hydrogen-bond donors (Lipinski definition) is 2. The van der Waals surface area contributed by atoms with Gasteiger partial charge in [0.25, 0.3) is 5.92 Å². The van der Waals surface area contributed by atoms with Crippen LogP contribution in [0.1, 0.15) is 13.3 Å². The van der Waals surface area contributed by atoms with E-state index in [1.54, 1.807) is 6.92 Å². The van der Waals surface area contributed by atoms with Gasteiger partial charge >= 0.3 is 0 Å². The van der Waals surface area contributed by atoms with Crippen LogP contribution in [0.2, 0.25) is 0 Å². The van der Waals surface area contributed by atoms with Gasteiger partial charge in [-0.2, -0.15) is 0 Å². The summed E-state index contributed by atoms with van der Waals surface area (Å²) in [4.78, 5) is 11.4. The summed E-state index contributed by atoms with van der Waals surface area (Å²) < 4.78 is 30.3. The molecule has 1 saturated heterocycles. The van der Waals surface area contributed by atoms with E-state index < -0.39 is 25.0 Å². The van der Waals surface area contributed by atoms with Crippen molar-refractivity contribution in [2.24, 2.45) is 5.92 Å². The Hall–Kier alpha value is -0.750. The number of rotatable bonds is 4. The predicted molar refractivity (Wildman–Crippen MR) is 48.6 cm³/mol. The zero-order valence-corrected chi connectivity index (χ0v) is 8.50. The Morgan fingerprint density at radius 3 is 2.80 bits per heavy atom. The highest BCUT2D eigenvalue weighted by Crippen LogP contribution is 2.20. The van der Waals surface area contributed by atoms with Gasteiger partial charge in [-0.25, -0.2) is 8.78 Å². The van der Waals surface area contributed by atoms with Crippen molar-refractivity contribution >= 4 is 5.91 Å². The van der Waals surface area contributed by atoms with Crippen LogP contribution in [-0.2, 0) is 9.53 Å². The molecule has 0 saturated carbocycles. The van der Waals surface area contributed by atoms with Crippen molar-refractivity contribution < 1.29 is 23.4 Å². The average Bonchev–Trinajstić information content (AvgIpc) is 2.61. The highest BCUT2D eigenvalue weighted by Gasteiger charge is 2.33.